The number of benzene rings is 1. The highest BCUT2D eigenvalue weighted by Crippen LogP contribution is 2.39. The molecule has 0 fully saturated rings. The first-order chi connectivity index (χ1) is 8.91. The molecule has 2 aromatic rings. The number of halogens is 3. The SMILES string of the molecule is N=c1sc2cc(C(F)(F)F)cc3c2n1CC[C@H]3CO. The molecule has 2 heterocycles. The van der Waals surface area contributed by atoms with Crippen molar-refractivity contribution >= 4 is 21.6 Å². The molecule has 0 aliphatic carbocycles. The molecule has 0 amide bonds. The first-order valence-electron chi connectivity index (χ1n) is 5.81. The first-order valence-corrected chi connectivity index (χ1v) is 6.63. The molecule has 2 N–H and O–H groups in total. The molecule has 1 aliphatic rings. The van der Waals surface area contributed by atoms with E-state index in [1.165, 1.54) is 0 Å². The van der Waals surface area contributed by atoms with E-state index in [-0.39, 0.29) is 17.3 Å². The summed E-state index contributed by atoms with van der Waals surface area (Å²) < 4.78 is 40.8. The molecule has 3 nitrogen and oxygen atoms in total. The van der Waals surface area contributed by atoms with E-state index in [4.69, 9.17) is 5.41 Å². The molecule has 1 aromatic heterocycles. The highest BCUT2D eigenvalue weighted by Gasteiger charge is 2.34. The van der Waals surface area contributed by atoms with Crippen LogP contribution in [0.1, 0.15) is 23.5 Å². The van der Waals surface area contributed by atoms with Crippen LogP contribution in [0.2, 0.25) is 0 Å². The zero-order valence-corrected chi connectivity index (χ0v) is 10.6. The van der Waals surface area contributed by atoms with Gasteiger partial charge in [0.15, 0.2) is 4.80 Å². The molecule has 1 aromatic carbocycles. The van der Waals surface area contributed by atoms with Gasteiger partial charge in [-0.2, -0.15) is 13.2 Å². The zero-order valence-electron chi connectivity index (χ0n) is 9.79. The minimum absolute atomic E-state index is 0.167. The highest BCUT2D eigenvalue weighted by atomic mass is 32.1. The van der Waals surface area contributed by atoms with E-state index in [2.05, 4.69) is 0 Å². The number of nitrogens with one attached hydrogen (secondary N) is 1. The first kappa shape index (κ1) is 12.7. The fourth-order valence-electron chi connectivity index (χ4n) is 2.58. The van der Waals surface area contributed by atoms with E-state index in [0.717, 1.165) is 23.5 Å². The summed E-state index contributed by atoms with van der Waals surface area (Å²) in [5.41, 5.74) is 0.477. The second-order valence-electron chi connectivity index (χ2n) is 4.64. The molecule has 102 valence electrons. The summed E-state index contributed by atoms with van der Waals surface area (Å²) in [5.74, 6) is -0.279. The summed E-state index contributed by atoms with van der Waals surface area (Å²) in [7, 11) is 0. The van der Waals surface area contributed by atoms with Gasteiger partial charge in [0.25, 0.3) is 0 Å². The summed E-state index contributed by atoms with van der Waals surface area (Å²) in [4.78, 5) is 0.256. The van der Waals surface area contributed by atoms with Gasteiger partial charge < -0.3 is 9.67 Å². The number of aromatic nitrogens is 1. The summed E-state index contributed by atoms with van der Waals surface area (Å²) in [5, 5.41) is 17.2. The van der Waals surface area contributed by atoms with Gasteiger partial charge in [-0.15, -0.1) is 0 Å². The van der Waals surface area contributed by atoms with Crippen molar-refractivity contribution < 1.29 is 18.3 Å². The molecule has 19 heavy (non-hydrogen) atoms. The van der Waals surface area contributed by atoms with E-state index in [1.54, 1.807) is 4.57 Å². The number of aliphatic hydroxyl groups excluding tert-OH is 1. The number of aliphatic hydroxyl groups is 1. The Morgan fingerprint density at radius 1 is 1.42 bits per heavy atom. The Kier molecular flexibility index (Phi) is 2.72. The van der Waals surface area contributed by atoms with Gasteiger partial charge in [-0.25, -0.2) is 0 Å². The Morgan fingerprint density at radius 2 is 2.16 bits per heavy atom. The Balaban J connectivity index is 2.37. The number of thiazole rings is 1. The quantitative estimate of drug-likeness (QED) is 0.832. The smallest absolute Gasteiger partial charge is 0.396 e. The predicted molar refractivity (Wildman–Crippen MR) is 65.1 cm³/mol. The van der Waals surface area contributed by atoms with Gasteiger partial charge in [-0.3, -0.25) is 5.41 Å². The van der Waals surface area contributed by atoms with Crippen molar-refractivity contribution in [2.24, 2.45) is 0 Å². The van der Waals surface area contributed by atoms with Crippen LogP contribution in [0.25, 0.3) is 10.2 Å². The van der Waals surface area contributed by atoms with Gasteiger partial charge in [0.2, 0.25) is 0 Å². The third-order valence-electron chi connectivity index (χ3n) is 3.51. The normalized spacial score (nSPS) is 19.1. The minimum Gasteiger partial charge on any atom is -0.396 e. The van der Waals surface area contributed by atoms with Gasteiger partial charge in [0.1, 0.15) is 0 Å². The summed E-state index contributed by atoms with van der Waals surface area (Å²) in [6.07, 6.45) is -3.84. The van der Waals surface area contributed by atoms with E-state index >= 15 is 0 Å². The molecule has 0 unspecified atom stereocenters. The van der Waals surface area contributed by atoms with Crippen LogP contribution in [-0.2, 0) is 12.7 Å². The van der Waals surface area contributed by atoms with Crippen LogP contribution in [0.4, 0.5) is 13.2 Å². The van der Waals surface area contributed by atoms with Gasteiger partial charge >= 0.3 is 6.18 Å². The number of hydrogen-bond donors (Lipinski definition) is 2. The fraction of sp³-hybridized carbons (Fsp3) is 0.417. The number of alkyl halides is 3. The monoisotopic (exact) mass is 288 g/mol. The van der Waals surface area contributed by atoms with Crippen LogP contribution in [-0.4, -0.2) is 16.3 Å². The molecule has 0 spiro atoms. The van der Waals surface area contributed by atoms with Gasteiger partial charge in [-0.1, -0.05) is 11.3 Å². The van der Waals surface area contributed by atoms with Gasteiger partial charge in [-0.05, 0) is 24.1 Å². The lowest BCUT2D eigenvalue weighted by molar-refractivity contribution is -0.137. The van der Waals surface area contributed by atoms with Crippen molar-refractivity contribution in [1.29, 1.82) is 5.41 Å². The van der Waals surface area contributed by atoms with Crippen LogP contribution in [0.3, 0.4) is 0 Å². The second-order valence-corrected chi connectivity index (χ2v) is 5.67. The van der Waals surface area contributed by atoms with Crippen molar-refractivity contribution in [1.82, 2.24) is 4.57 Å². The lowest BCUT2D eigenvalue weighted by Gasteiger charge is -2.24. The maximum absolute atomic E-state index is 12.9. The van der Waals surface area contributed by atoms with Crippen molar-refractivity contribution in [3.63, 3.8) is 0 Å². The lowest BCUT2D eigenvalue weighted by Crippen LogP contribution is -2.22. The third-order valence-corrected chi connectivity index (χ3v) is 4.46. The molecule has 0 saturated carbocycles. The van der Waals surface area contributed by atoms with Gasteiger partial charge in [0.05, 0.1) is 22.4 Å². The van der Waals surface area contributed by atoms with E-state index in [1.807, 2.05) is 0 Å². The highest BCUT2D eigenvalue weighted by molar-refractivity contribution is 7.16. The Bertz CT molecular complexity index is 701. The maximum atomic E-state index is 12.9. The average Bonchev–Trinajstić information content (AvgIpc) is 2.66. The summed E-state index contributed by atoms with van der Waals surface area (Å²) in [6, 6.07) is 2.21. The Hall–Kier alpha value is -1.34. The molecule has 7 heteroatoms. The van der Waals surface area contributed by atoms with Crippen molar-refractivity contribution in [2.75, 3.05) is 6.61 Å². The molecule has 3 rings (SSSR count). The van der Waals surface area contributed by atoms with Crippen LogP contribution in [0, 0.1) is 5.41 Å². The molecular weight excluding hydrogens is 277 g/mol. The van der Waals surface area contributed by atoms with Gasteiger partial charge in [0, 0.05) is 12.5 Å². The topological polar surface area (TPSA) is 49.0 Å². The zero-order chi connectivity index (χ0) is 13.8. The molecular formula is C12H11F3N2OS. The Labute approximate surface area is 110 Å². The number of hydrogen-bond acceptors (Lipinski definition) is 3. The third kappa shape index (κ3) is 1.88. The van der Waals surface area contributed by atoms with Crippen LogP contribution in [0.15, 0.2) is 12.1 Å². The van der Waals surface area contributed by atoms with Crippen molar-refractivity contribution in [3.8, 4) is 0 Å². The lowest BCUT2D eigenvalue weighted by atomic mass is 9.91. The van der Waals surface area contributed by atoms with E-state index in [0.29, 0.717) is 28.7 Å². The van der Waals surface area contributed by atoms with Crippen LogP contribution in [0.5, 0.6) is 0 Å². The molecule has 1 aliphatic heterocycles. The number of aryl methyl sites for hydroxylation is 1. The largest absolute Gasteiger partial charge is 0.416 e. The van der Waals surface area contributed by atoms with Crippen LogP contribution < -0.4 is 4.80 Å². The van der Waals surface area contributed by atoms with Crippen molar-refractivity contribution in [2.45, 2.75) is 25.1 Å². The fourth-order valence-corrected chi connectivity index (χ4v) is 3.59. The molecule has 0 radical (unpaired) electrons. The number of nitrogens with zero attached hydrogens (tertiary/aromatic N) is 1. The Morgan fingerprint density at radius 3 is 2.79 bits per heavy atom. The second kappa shape index (κ2) is 4.08. The van der Waals surface area contributed by atoms with E-state index < -0.39 is 11.7 Å². The minimum atomic E-state index is -4.40. The summed E-state index contributed by atoms with van der Waals surface area (Å²) >= 11 is 1.05. The molecule has 0 bridgehead atoms. The predicted octanol–water partition coefficient (Wildman–Crippen LogP) is 2.68. The molecule has 1 atom stereocenters. The number of rotatable bonds is 1. The average molecular weight is 288 g/mol. The standard InChI is InChI=1S/C12H11F3N2OS/c13-12(14,15)7-3-8-6(5-18)1-2-17-10(8)9(4-7)19-11(17)16/h3-4,6,16,18H,1-2,5H2/t6-/m0/s1. The van der Waals surface area contributed by atoms with Crippen LogP contribution >= 0.6 is 11.3 Å². The van der Waals surface area contributed by atoms with Crippen molar-refractivity contribution in [3.05, 3.63) is 28.1 Å². The van der Waals surface area contributed by atoms with E-state index in [9.17, 15) is 18.3 Å². The summed E-state index contributed by atoms with van der Waals surface area (Å²) in [6.45, 7) is 0.405. The molecule has 0 saturated heterocycles. The maximum Gasteiger partial charge on any atom is 0.416 e.